The standard InChI is InChI=1S/C45H31N3SSi/c1-5-16-32(17-6-1)43-46-44(33-18-7-2-8-19-33)48-45(47-43)34-20-15-25-37(30-34)50(35-21-9-3-10-22-35,36-23-11-4-12-24-36)38-28-29-42-40(31-38)39-26-13-14-27-41(39)49-42/h1-31H. The minimum Gasteiger partial charge on any atom is -0.208 e. The molecule has 2 heterocycles. The molecular formula is C45H31N3SSi. The van der Waals surface area contributed by atoms with Gasteiger partial charge < -0.3 is 0 Å². The summed E-state index contributed by atoms with van der Waals surface area (Å²) in [7, 11) is -2.86. The van der Waals surface area contributed by atoms with Crippen LogP contribution < -0.4 is 20.7 Å². The number of aromatic nitrogens is 3. The normalized spacial score (nSPS) is 11.6. The second-order valence-corrected chi connectivity index (χ2v) is 17.3. The van der Waals surface area contributed by atoms with E-state index in [0.29, 0.717) is 17.5 Å². The lowest BCUT2D eigenvalue weighted by atomic mass is 10.1. The van der Waals surface area contributed by atoms with E-state index in [1.165, 1.54) is 40.9 Å². The van der Waals surface area contributed by atoms with Crippen molar-refractivity contribution in [3.63, 3.8) is 0 Å². The largest absolute Gasteiger partial charge is 0.208 e. The van der Waals surface area contributed by atoms with Crippen LogP contribution in [0.25, 0.3) is 54.3 Å². The Hall–Kier alpha value is -6.01. The van der Waals surface area contributed by atoms with E-state index < -0.39 is 8.07 Å². The van der Waals surface area contributed by atoms with Gasteiger partial charge in [0.2, 0.25) is 0 Å². The first kappa shape index (κ1) is 30.1. The Morgan fingerprint density at radius 3 is 1.36 bits per heavy atom. The molecule has 0 fully saturated rings. The maximum atomic E-state index is 5.10. The number of hydrogen-bond acceptors (Lipinski definition) is 4. The summed E-state index contributed by atoms with van der Waals surface area (Å²) >= 11 is 1.86. The molecule has 0 spiro atoms. The highest BCUT2D eigenvalue weighted by Crippen LogP contribution is 2.33. The highest BCUT2D eigenvalue weighted by molar-refractivity contribution is 7.26. The molecule has 0 bridgehead atoms. The molecule has 0 amide bonds. The third-order valence-corrected chi connectivity index (χ3v) is 15.4. The van der Waals surface area contributed by atoms with Crippen molar-refractivity contribution >= 4 is 60.3 Å². The molecule has 9 rings (SSSR count). The van der Waals surface area contributed by atoms with Crippen LogP contribution in [0.2, 0.25) is 0 Å². The van der Waals surface area contributed by atoms with Gasteiger partial charge in [0.15, 0.2) is 25.5 Å². The predicted molar refractivity (Wildman–Crippen MR) is 213 cm³/mol. The first-order valence-corrected chi connectivity index (χ1v) is 19.6. The van der Waals surface area contributed by atoms with Gasteiger partial charge in [-0.25, -0.2) is 15.0 Å². The lowest BCUT2D eigenvalue weighted by Gasteiger charge is -2.34. The minimum absolute atomic E-state index is 0.655. The number of fused-ring (bicyclic) bond motifs is 3. The van der Waals surface area contributed by atoms with Crippen LogP contribution in [-0.2, 0) is 0 Å². The van der Waals surface area contributed by atoms with E-state index in [9.17, 15) is 0 Å². The summed E-state index contributed by atoms with van der Waals surface area (Å²) in [6, 6.07) is 67.4. The first-order chi connectivity index (χ1) is 24.8. The maximum absolute atomic E-state index is 5.10. The molecule has 236 valence electrons. The van der Waals surface area contributed by atoms with E-state index in [-0.39, 0.29) is 0 Å². The molecule has 3 nitrogen and oxygen atoms in total. The van der Waals surface area contributed by atoms with Crippen LogP contribution in [0.1, 0.15) is 0 Å². The molecule has 7 aromatic carbocycles. The van der Waals surface area contributed by atoms with Crippen LogP contribution >= 0.6 is 11.3 Å². The molecule has 0 aliphatic heterocycles. The first-order valence-electron chi connectivity index (χ1n) is 16.8. The van der Waals surface area contributed by atoms with E-state index in [2.05, 4.69) is 152 Å². The summed E-state index contributed by atoms with van der Waals surface area (Å²) in [6.45, 7) is 0. The monoisotopic (exact) mass is 673 g/mol. The second kappa shape index (κ2) is 12.8. The molecule has 50 heavy (non-hydrogen) atoms. The van der Waals surface area contributed by atoms with Gasteiger partial charge >= 0.3 is 0 Å². The van der Waals surface area contributed by atoms with Gasteiger partial charge in [0, 0.05) is 36.9 Å². The highest BCUT2D eigenvalue weighted by Gasteiger charge is 2.42. The van der Waals surface area contributed by atoms with Crippen molar-refractivity contribution in [2.45, 2.75) is 0 Å². The van der Waals surface area contributed by atoms with Gasteiger partial charge in [0.25, 0.3) is 0 Å². The zero-order chi connectivity index (χ0) is 33.3. The van der Waals surface area contributed by atoms with E-state index in [4.69, 9.17) is 15.0 Å². The van der Waals surface area contributed by atoms with Crippen LogP contribution in [-0.4, -0.2) is 23.0 Å². The SMILES string of the molecule is c1ccc(-c2nc(-c3ccccc3)nc(-c3cccc([Si](c4ccccc4)(c4ccccc4)c4ccc5sc6ccccc6c5c4)c3)n2)cc1. The number of rotatable bonds is 7. The van der Waals surface area contributed by atoms with Gasteiger partial charge in [0.05, 0.1) is 0 Å². The van der Waals surface area contributed by atoms with E-state index >= 15 is 0 Å². The van der Waals surface area contributed by atoms with Crippen LogP contribution in [0, 0.1) is 0 Å². The fourth-order valence-electron chi connectivity index (χ4n) is 7.16. The number of thiophene rings is 1. The Kier molecular flexibility index (Phi) is 7.69. The number of benzene rings is 7. The summed E-state index contributed by atoms with van der Waals surface area (Å²) in [6.07, 6.45) is 0. The van der Waals surface area contributed by atoms with Crippen molar-refractivity contribution in [1.82, 2.24) is 15.0 Å². The predicted octanol–water partition coefficient (Wildman–Crippen LogP) is 8.62. The van der Waals surface area contributed by atoms with Crippen LogP contribution in [0.5, 0.6) is 0 Å². The smallest absolute Gasteiger partial charge is 0.179 e. The van der Waals surface area contributed by atoms with Gasteiger partial charge in [0.1, 0.15) is 0 Å². The fraction of sp³-hybridized carbons (Fsp3) is 0. The molecule has 0 atom stereocenters. The highest BCUT2D eigenvalue weighted by atomic mass is 32.1. The summed E-state index contributed by atoms with van der Waals surface area (Å²) in [5.74, 6) is 1.97. The Morgan fingerprint density at radius 1 is 0.320 bits per heavy atom. The van der Waals surface area contributed by atoms with E-state index in [0.717, 1.165) is 16.7 Å². The van der Waals surface area contributed by atoms with E-state index in [1.54, 1.807) is 0 Å². The Balaban J connectivity index is 1.32. The topological polar surface area (TPSA) is 38.7 Å². The molecule has 0 unspecified atom stereocenters. The Bertz CT molecular complexity index is 2490. The zero-order valence-electron chi connectivity index (χ0n) is 27.1. The van der Waals surface area contributed by atoms with Gasteiger partial charge in [-0.05, 0) is 32.9 Å². The Labute approximate surface area is 296 Å². The van der Waals surface area contributed by atoms with Gasteiger partial charge in [-0.1, -0.05) is 176 Å². The molecule has 5 heteroatoms. The third kappa shape index (κ3) is 5.24. The van der Waals surface area contributed by atoms with Gasteiger partial charge in [-0.3, -0.25) is 0 Å². The van der Waals surface area contributed by atoms with E-state index in [1.807, 2.05) is 47.7 Å². The van der Waals surface area contributed by atoms with Crippen molar-refractivity contribution in [1.29, 1.82) is 0 Å². The summed E-state index contributed by atoms with van der Waals surface area (Å²) in [4.78, 5) is 15.2. The Morgan fingerprint density at radius 2 is 0.760 bits per heavy atom. The van der Waals surface area contributed by atoms with Crippen LogP contribution in [0.4, 0.5) is 0 Å². The fourth-order valence-corrected chi connectivity index (χ4v) is 13.0. The van der Waals surface area contributed by atoms with Gasteiger partial charge in [-0.2, -0.15) is 0 Å². The summed E-state index contributed by atoms with van der Waals surface area (Å²) in [5.41, 5.74) is 2.88. The third-order valence-electron chi connectivity index (χ3n) is 9.48. The molecule has 0 aliphatic rings. The average molecular weight is 674 g/mol. The van der Waals surface area contributed by atoms with Crippen molar-refractivity contribution < 1.29 is 0 Å². The second-order valence-electron chi connectivity index (χ2n) is 12.4. The average Bonchev–Trinajstić information content (AvgIpc) is 3.58. The van der Waals surface area contributed by atoms with Crippen molar-refractivity contribution in [3.8, 4) is 34.2 Å². The summed E-state index contributed by atoms with van der Waals surface area (Å²) < 4.78 is 2.62. The van der Waals surface area contributed by atoms with Crippen LogP contribution in [0.15, 0.2) is 188 Å². The molecule has 9 aromatic rings. The van der Waals surface area contributed by atoms with Crippen molar-refractivity contribution in [3.05, 3.63) is 188 Å². The lowest BCUT2D eigenvalue weighted by Crippen LogP contribution is -2.74. The minimum atomic E-state index is -2.86. The lowest BCUT2D eigenvalue weighted by molar-refractivity contribution is 1.07. The number of nitrogens with zero attached hydrogens (tertiary/aromatic N) is 3. The van der Waals surface area contributed by atoms with Crippen molar-refractivity contribution in [2.75, 3.05) is 0 Å². The molecule has 2 aromatic heterocycles. The molecule has 0 saturated heterocycles. The molecular weight excluding hydrogens is 643 g/mol. The molecule has 0 radical (unpaired) electrons. The zero-order valence-corrected chi connectivity index (χ0v) is 29.0. The number of hydrogen-bond donors (Lipinski definition) is 0. The molecule has 0 N–H and O–H groups in total. The maximum Gasteiger partial charge on any atom is 0.179 e. The molecule has 0 aliphatic carbocycles. The molecule has 0 saturated carbocycles. The van der Waals surface area contributed by atoms with Crippen LogP contribution in [0.3, 0.4) is 0 Å². The van der Waals surface area contributed by atoms with Gasteiger partial charge in [-0.15, -0.1) is 11.3 Å². The summed E-state index contributed by atoms with van der Waals surface area (Å²) in [5, 5.41) is 7.88. The van der Waals surface area contributed by atoms with Crippen molar-refractivity contribution in [2.24, 2.45) is 0 Å². The quantitative estimate of drug-likeness (QED) is 0.126.